The number of allylic oxidation sites excluding steroid dienone is 2. The zero-order valence-electron chi connectivity index (χ0n) is 10.2. The van der Waals surface area contributed by atoms with Crippen LogP contribution < -0.4 is 10.6 Å². The fourth-order valence-corrected chi connectivity index (χ4v) is 1.78. The molecule has 1 saturated heterocycles. The van der Waals surface area contributed by atoms with Crippen molar-refractivity contribution in [3.8, 4) is 6.07 Å². The molecule has 98 valence electrons. The van der Waals surface area contributed by atoms with Crippen molar-refractivity contribution in [2.45, 2.75) is 0 Å². The van der Waals surface area contributed by atoms with Gasteiger partial charge in [0.15, 0.2) is 5.11 Å². The van der Waals surface area contributed by atoms with Gasteiger partial charge in [0.1, 0.15) is 5.57 Å². The van der Waals surface area contributed by atoms with E-state index in [-0.39, 0.29) is 10.7 Å². The first-order valence-electron chi connectivity index (χ1n) is 5.65. The Morgan fingerprint density at radius 2 is 1.90 bits per heavy atom. The van der Waals surface area contributed by atoms with Gasteiger partial charge in [-0.05, 0) is 36.0 Å². The van der Waals surface area contributed by atoms with Crippen LogP contribution in [0.15, 0.2) is 42.0 Å². The minimum atomic E-state index is -0.533. The molecule has 20 heavy (non-hydrogen) atoms. The highest BCUT2D eigenvalue weighted by Gasteiger charge is 2.24. The number of nitriles is 1. The van der Waals surface area contributed by atoms with Crippen LogP contribution in [-0.4, -0.2) is 16.9 Å². The van der Waals surface area contributed by atoms with Crippen molar-refractivity contribution in [3.05, 3.63) is 53.1 Å². The molecule has 1 heterocycles. The molecule has 2 N–H and O–H groups in total. The van der Waals surface area contributed by atoms with Crippen LogP contribution in [-0.2, 0) is 9.59 Å². The molecular weight excluding hydrogens is 274 g/mol. The molecule has 6 heteroatoms. The van der Waals surface area contributed by atoms with Gasteiger partial charge in [-0.2, -0.15) is 5.26 Å². The van der Waals surface area contributed by atoms with Crippen LogP contribution in [0.2, 0.25) is 0 Å². The fourth-order valence-electron chi connectivity index (χ4n) is 1.59. The second-order valence-electron chi connectivity index (χ2n) is 3.91. The van der Waals surface area contributed by atoms with E-state index in [2.05, 4.69) is 22.9 Å². The van der Waals surface area contributed by atoms with Crippen LogP contribution in [0.25, 0.3) is 6.08 Å². The Morgan fingerprint density at radius 3 is 2.55 bits per heavy atom. The number of carbonyl (C=O) groups is 2. The zero-order valence-corrected chi connectivity index (χ0v) is 11.0. The van der Waals surface area contributed by atoms with E-state index in [0.29, 0.717) is 5.56 Å². The molecule has 2 amide bonds. The molecule has 5 nitrogen and oxygen atoms in total. The summed E-state index contributed by atoms with van der Waals surface area (Å²) in [5, 5.41) is 13.5. The molecule has 1 aromatic rings. The maximum absolute atomic E-state index is 11.6. The van der Waals surface area contributed by atoms with Gasteiger partial charge in [-0.3, -0.25) is 20.2 Å². The van der Waals surface area contributed by atoms with Gasteiger partial charge in [0, 0.05) is 0 Å². The van der Waals surface area contributed by atoms with Crippen LogP contribution in [0.3, 0.4) is 0 Å². The minimum Gasteiger partial charge on any atom is -0.299 e. The highest BCUT2D eigenvalue weighted by Crippen LogP contribution is 2.07. The maximum atomic E-state index is 11.6. The van der Waals surface area contributed by atoms with Gasteiger partial charge in [0.05, 0.1) is 11.6 Å². The molecule has 2 rings (SSSR count). The normalized spacial score (nSPS) is 14.8. The Hall–Kier alpha value is -2.78. The van der Waals surface area contributed by atoms with Gasteiger partial charge >= 0.3 is 0 Å². The third-order valence-corrected chi connectivity index (χ3v) is 2.71. The third kappa shape index (κ3) is 3.16. The molecule has 0 saturated carbocycles. The number of amides is 2. The number of nitrogens with zero attached hydrogens (tertiary/aromatic N) is 1. The van der Waals surface area contributed by atoms with E-state index in [4.69, 9.17) is 5.26 Å². The largest absolute Gasteiger partial charge is 0.299 e. The van der Waals surface area contributed by atoms with Crippen molar-refractivity contribution in [1.82, 2.24) is 10.6 Å². The molecular formula is C14H9N3O2S. The van der Waals surface area contributed by atoms with E-state index in [1.165, 1.54) is 6.08 Å². The summed E-state index contributed by atoms with van der Waals surface area (Å²) in [4.78, 5) is 23.1. The highest BCUT2D eigenvalue weighted by atomic mass is 32.1. The van der Waals surface area contributed by atoms with Gasteiger partial charge in [-0.25, -0.2) is 0 Å². The smallest absolute Gasteiger partial charge is 0.263 e. The standard InChI is InChI=1S/C14H9N3O2S/c15-8-10-5-1-3-9(7-10)4-2-6-11-12(18)16-14(20)17-13(11)19/h1-7H,(H2,16,17,18,19,20)/b4-2+. The van der Waals surface area contributed by atoms with Crippen LogP contribution in [0.4, 0.5) is 0 Å². The van der Waals surface area contributed by atoms with E-state index >= 15 is 0 Å². The second kappa shape index (κ2) is 5.91. The predicted molar refractivity (Wildman–Crippen MR) is 77.2 cm³/mol. The van der Waals surface area contributed by atoms with E-state index in [1.54, 1.807) is 30.4 Å². The summed E-state index contributed by atoms with van der Waals surface area (Å²) in [6, 6.07) is 8.99. The molecule has 1 aromatic carbocycles. The number of carbonyl (C=O) groups excluding carboxylic acids is 2. The van der Waals surface area contributed by atoms with Crippen molar-refractivity contribution in [2.75, 3.05) is 0 Å². The zero-order chi connectivity index (χ0) is 14.5. The van der Waals surface area contributed by atoms with Crippen molar-refractivity contribution in [3.63, 3.8) is 0 Å². The molecule has 0 aromatic heterocycles. The average Bonchev–Trinajstić information content (AvgIpc) is 2.42. The van der Waals surface area contributed by atoms with E-state index in [9.17, 15) is 9.59 Å². The van der Waals surface area contributed by atoms with Crippen LogP contribution in [0.1, 0.15) is 11.1 Å². The van der Waals surface area contributed by atoms with Gasteiger partial charge in [0.25, 0.3) is 11.8 Å². The molecule has 1 aliphatic rings. The summed E-state index contributed by atoms with van der Waals surface area (Å²) in [5.41, 5.74) is 1.32. The van der Waals surface area contributed by atoms with Crippen LogP contribution >= 0.6 is 12.2 Å². The van der Waals surface area contributed by atoms with Gasteiger partial charge < -0.3 is 0 Å². The summed E-state index contributed by atoms with van der Waals surface area (Å²) >= 11 is 4.69. The first kappa shape index (κ1) is 13.6. The number of rotatable bonds is 2. The summed E-state index contributed by atoms with van der Waals surface area (Å²) in [5.74, 6) is -1.07. The summed E-state index contributed by atoms with van der Waals surface area (Å²) in [6.07, 6.45) is 4.66. The number of hydrogen-bond donors (Lipinski definition) is 2. The molecule has 0 spiro atoms. The summed E-state index contributed by atoms with van der Waals surface area (Å²) in [6.45, 7) is 0. The lowest BCUT2D eigenvalue weighted by Crippen LogP contribution is -2.51. The first-order valence-corrected chi connectivity index (χ1v) is 6.06. The van der Waals surface area contributed by atoms with Crippen molar-refractivity contribution in [2.24, 2.45) is 0 Å². The lowest BCUT2D eigenvalue weighted by Gasteiger charge is -2.15. The van der Waals surface area contributed by atoms with Crippen molar-refractivity contribution >= 4 is 35.2 Å². The number of nitrogens with one attached hydrogen (secondary N) is 2. The Labute approximate surface area is 120 Å². The van der Waals surface area contributed by atoms with Crippen LogP contribution in [0, 0.1) is 11.3 Å². The van der Waals surface area contributed by atoms with Gasteiger partial charge in [-0.15, -0.1) is 0 Å². The maximum Gasteiger partial charge on any atom is 0.263 e. The fraction of sp³-hybridized carbons (Fsp3) is 0. The highest BCUT2D eigenvalue weighted by molar-refractivity contribution is 7.80. The molecule has 0 bridgehead atoms. The molecule has 0 radical (unpaired) electrons. The lowest BCUT2D eigenvalue weighted by molar-refractivity contribution is -0.123. The Balaban J connectivity index is 2.17. The Bertz CT molecular complexity index is 677. The molecule has 1 fully saturated rings. The molecule has 0 unspecified atom stereocenters. The lowest BCUT2D eigenvalue weighted by atomic mass is 10.1. The van der Waals surface area contributed by atoms with Gasteiger partial charge in [-0.1, -0.05) is 24.3 Å². The second-order valence-corrected chi connectivity index (χ2v) is 4.32. The first-order chi connectivity index (χ1) is 9.60. The summed E-state index contributed by atoms with van der Waals surface area (Å²) < 4.78 is 0. The SMILES string of the molecule is N#Cc1cccc(/C=C/C=C2C(=O)NC(=S)NC2=O)c1. The summed E-state index contributed by atoms with van der Waals surface area (Å²) in [7, 11) is 0. The number of hydrogen-bond acceptors (Lipinski definition) is 4. The molecule has 1 aliphatic heterocycles. The van der Waals surface area contributed by atoms with E-state index in [1.807, 2.05) is 12.1 Å². The average molecular weight is 283 g/mol. The third-order valence-electron chi connectivity index (χ3n) is 2.51. The van der Waals surface area contributed by atoms with Crippen molar-refractivity contribution < 1.29 is 9.59 Å². The van der Waals surface area contributed by atoms with Crippen molar-refractivity contribution in [1.29, 1.82) is 5.26 Å². The topological polar surface area (TPSA) is 82.0 Å². The van der Waals surface area contributed by atoms with E-state index < -0.39 is 11.8 Å². The molecule has 0 aliphatic carbocycles. The number of thiocarbonyl (C=S) groups is 1. The number of benzene rings is 1. The predicted octanol–water partition coefficient (Wildman–Crippen LogP) is 1.03. The van der Waals surface area contributed by atoms with Gasteiger partial charge in [0.2, 0.25) is 0 Å². The van der Waals surface area contributed by atoms with Crippen LogP contribution in [0.5, 0.6) is 0 Å². The Morgan fingerprint density at radius 1 is 1.20 bits per heavy atom. The quantitative estimate of drug-likeness (QED) is 0.482. The minimum absolute atomic E-state index is 0.00264. The Kier molecular flexibility index (Phi) is 4.03. The molecule has 0 atom stereocenters. The van der Waals surface area contributed by atoms with E-state index in [0.717, 1.165) is 5.56 Å². The monoisotopic (exact) mass is 283 g/mol.